The molecule has 1 aromatic carbocycles. The number of aryl methyl sites for hydroxylation is 1. The molecule has 0 radical (unpaired) electrons. The molecule has 1 aromatic rings. The normalized spacial score (nSPS) is 22.8. The van der Waals surface area contributed by atoms with E-state index in [1.165, 1.54) is 17.5 Å². The molecule has 18 heavy (non-hydrogen) atoms. The molecule has 1 N–H and O–H groups in total. The third kappa shape index (κ3) is 3.07. The van der Waals surface area contributed by atoms with Crippen LogP contribution in [0.4, 0.5) is 0 Å². The van der Waals surface area contributed by atoms with Gasteiger partial charge in [-0.05, 0) is 54.8 Å². The lowest BCUT2D eigenvalue weighted by Gasteiger charge is -2.20. The van der Waals surface area contributed by atoms with Gasteiger partial charge < -0.3 is 5.32 Å². The SMILES string of the molecule is CCNC(Cc1ccc(C)cc1Cl)C1CC1(C)C. The van der Waals surface area contributed by atoms with Crippen LogP contribution >= 0.6 is 11.6 Å². The Kier molecular flexibility index (Phi) is 4.03. The van der Waals surface area contributed by atoms with Crippen LogP contribution in [-0.4, -0.2) is 12.6 Å². The van der Waals surface area contributed by atoms with Gasteiger partial charge in [-0.1, -0.05) is 44.5 Å². The van der Waals surface area contributed by atoms with Gasteiger partial charge in [0, 0.05) is 11.1 Å². The van der Waals surface area contributed by atoms with Crippen molar-refractivity contribution in [2.24, 2.45) is 11.3 Å². The average molecular weight is 266 g/mol. The van der Waals surface area contributed by atoms with Crippen molar-refractivity contribution >= 4 is 11.6 Å². The van der Waals surface area contributed by atoms with Crippen LogP contribution in [0.3, 0.4) is 0 Å². The highest BCUT2D eigenvalue weighted by Gasteiger charge is 2.49. The molecule has 1 aliphatic rings. The van der Waals surface area contributed by atoms with Crippen molar-refractivity contribution in [3.63, 3.8) is 0 Å². The van der Waals surface area contributed by atoms with Gasteiger partial charge >= 0.3 is 0 Å². The van der Waals surface area contributed by atoms with Gasteiger partial charge in [0.2, 0.25) is 0 Å². The van der Waals surface area contributed by atoms with E-state index in [2.05, 4.69) is 51.2 Å². The number of halogens is 1. The zero-order chi connectivity index (χ0) is 13.3. The number of hydrogen-bond acceptors (Lipinski definition) is 1. The average Bonchev–Trinajstić information content (AvgIpc) is 2.90. The summed E-state index contributed by atoms with van der Waals surface area (Å²) >= 11 is 6.34. The van der Waals surface area contributed by atoms with Crippen LogP contribution in [0.2, 0.25) is 5.02 Å². The lowest BCUT2D eigenvalue weighted by molar-refractivity contribution is 0.409. The van der Waals surface area contributed by atoms with Crippen molar-refractivity contribution in [1.29, 1.82) is 0 Å². The highest BCUT2D eigenvalue weighted by atomic mass is 35.5. The molecule has 1 saturated carbocycles. The highest BCUT2D eigenvalue weighted by molar-refractivity contribution is 6.31. The van der Waals surface area contributed by atoms with E-state index in [1.807, 2.05) is 0 Å². The summed E-state index contributed by atoms with van der Waals surface area (Å²) in [7, 11) is 0. The van der Waals surface area contributed by atoms with Crippen molar-refractivity contribution in [1.82, 2.24) is 5.32 Å². The van der Waals surface area contributed by atoms with Crippen LogP contribution in [0.1, 0.15) is 38.3 Å². The third-order valence-electron chi connectivity index (χ3n) is 4.19. The largest absolute Gasteiger partial charge is 0.314 e. The maximum atomic E-state index is 6.34. The maximum Gasteiger partial charge on any atom is 0.0441 e. The highest BCUT2D eigenvalue weighted by Crippen LogP contribution is 2.54. The van der Waals surface area contributed by atoms with Crippen molar-refractivity contribution in [2.75, 3.05) is 6.54 Å². The van der Waals surface area contributed by atoms with Crippen LogP contribution in [-0.2, 0) is 6.42 Å². The van der Waals surface area contributed by atoms with E-state index in [9.17, 15) is 0 Å². The Labute approximate surface area is 116 Å². The molecule has 2 heteroatoms. The Balaban J connectivity index is 2.09. The van der Waals surface area contributed by atoms with Crippen LogP contribution in [0.5, 0.6) is 0 Å². The first-order valence-corrected chi connectivity index (χ1v) is 7.30. The summed E-state index contributed by atoms with van der Waals surface area (Å²) in [5, 5.41) is 4.55. The Bertz CT molecular complexity index is 425. The molecule has 2 unspecified atom stereocenters. The fourth-order valence-electron chi connectivity index (χ4n) is 2.87. The van der Waals surface area contributed by atoms with Crippen LogP contribution < -0.4 is 5.32 Å². The molecule has 1 aliphatic carbocycles. The fraction of sp³-hybridized carbons (Fsp3) is 0.625. The Morgan fingerprint density at radius 2 is 2.11 bits per heavy atom. The van der Waals surface area contributed by atoms with E-state index in [4.69, 9.17) is 11.6 Å². The van der Waals surface area contributed by atoms with Gasteiger partial charge in [-0.25, -0.2) is 0 Å². The Morgan fingerprint density at radius 1 is 1.44 bits per heavy atom. The Hall–Kier alpha value is -0.530. The minimum Gasteiger partial charge on any atom is -0.314 e. The number of likely N-dealkylation sites (N-methyl/N-ethyl adjacent to an activating group) is 1. The summed E-state index contributed by atoms with van der Waals surface area (Å²) in [6.07, 6.45) is 2.37. The molecule has 0 bridgehead atoms. The van der Waals surface area contributed by atoms with Gasteiger partial charge in [-0.15, -0.1) is 0 Å². The van der Waals surface area contributed by atoms with Gasteiger partial charge in [0.25, 0.3) is 0 Å². The molecule has 0 heterocycles. The molecule has 0 aromatic heterocycles. The molecule has 1 fully saturated rings. The van der Waals surface area contributed by atoms with Crippen molar-refractivity contribution < 1.29 is 0 Å². The van der Waals surface area contributed by atoms with E-state index in [1.54, 1.807) is 0 Å². The second kappa shape index (κ2) is 5.22. The standard InChI is InChI=1S/C16H24ClN/c1-5-18-15(13-10-16(13,3)4)9-12-7-6-11(2)8-14(12)17/h6-8,13,15,18H,5,9-10H2,1-4H3. The number of nitrogens with one attached hydrogen (secondary N) is 1. The first-order chi connectivity index (χ1) is 8.44. The topological polar surface area (TPSA) is 12.0 Å². The van der Waals surface area contributed by atoms with Crippen molar-refractivity contribution in [3.8, 4) is 0 Å². The summed E-state index contributed by atoms with van der Waals surface area (Å²) in [5.41, 5.74) is 3.01. The lowest BCUT2D eigenvalue weighted by Crippen LogP contribution is -2.34. The van der Waals surface area contributed by atoms with Gasteiger partial charge in [0.15, 0.2) is 0 Å². The zero-order valence-electron chi connectivity index (χ0n) is 11.9. The number of rotatable bonds is 5. The van der Waals surface area contributed by atoms with Gasteiger partial charge in [-0.2, -0.15) is 0 Å². The molecular formula is C16H24ClN. The van der Waals surface area contributed by atoms with E-state index < -0.39 is 0 Å². The predicted octanol–water partition coefficient (Wildman–Crippen LogP) is 4.22. The first-order valence-electron chi connectivity index (χ1n) is 6.92. The zero-order valence-corrected chi connectivity index (χ0v) is 12.6. The van der Waals surface area contributed by atoms with Gasteiger partial charge in [0.05, 0.1) is 0 Å². The second-order valence-electron chi connectivity index (χ2n) is 6.26. The summed E-state index contributed by atoms with van der Waals surface area (Å²) < 4.78 is 0. The molecule has 0 spiro atoms. The number of hydrogen-bond donors (Lipinski definition) is 1. The molecule has 1 nitrogen and oxygen atoms in total. The molecule has 0 aliphatic heterocycles. The molecule has 2 atom stereocenters. The quantitative estimate of drug-likeness (QED) is 0.841. The monoisotopic (exact) mass is 265 g/mol. The predicted molar refractivity (Wildman–Crippen MR) is 79.2 cm³/mol. The van der Waals surface area contributed by atoms with Crippen LogP contribution in [0.15, 0.2) is 18.2 Å². The Morgan fingerprint density at radius 3 is 2.61 bits per heavy atom. The lowest BCUT2D eigenvalue weighted by atomic mass is 9.96. The van der Waals surface area contributed by atoms with E-state index in [0.717, 1.165) is 23.9 Å². The smallest absolute Gasteiger partial charge is 0.0441 e. The van der Waals surface area contributed by atoms with Gasteiger partial charge in [-0.3, -0.25) is 0 Å². The summed E-state index contributed by atoms with van der Waals surface area (Å²) in [5.74, 6) is 0.787. The maximum absolute atomic E-state index is 6.34. The van der Waals surface area contributed by atoms with E-state index in [-0.39, 0.29) is 0 Å². The minimum atomic E-state index is 0.504. The summed E-state index contributed by atoms with van der Waals surface area (Å²) in [6.45, 7) is 10.0. The molecule has 2 rings (SSSR count). The fourth-order valence-corrected chi connectivity index (χ4v) is 3.18. The van der Waals surface area contributed by atoms with Gasteiger partial charge in [0.1, 0.15) is 0 Å². The summed E-state index contributed by atoms with van der Waals surface area (Å²) in [6, 6.07) is 6.96. The number of benzene rings is 1. The molecule has 0 saturated heterocycles. The third-order valence-corrected chi connectivity index (χ3v) is 4.54. The van der Waals surface area contributed by atoms with Crippen LogP contribution in [0.25, 0.3) is 0 Å². The van der Waals surface area contributed by atoms with E-state index >= 15 is 0 Å². The molecule has 0 amide bonds. The molecule has 100 valence electrons. The van der Waals surface area contributed by atoms with Crippen molar-refractivity contribution in [3.05, 3.63) is 34.3 Å². The molecular weight excluding hydrogens is 242 g/mol. The first kappa shape index (κ1) is 13.9. The van der Waals surface area contributed by atoms with Crippen molar-refractivity contribution in [2.45, 2.75) is 46.6 Å². The van der Waals surface area contributed by atoms with Crippen LogP contribution in [0, 0.1) is 18.3 Å². The second-order valence-corrected chi connectivity index (χ2v) is 6.67. The van der Waals surface area contributed by atoms with E-state index in [0.29, 0.717) is 11.5 Å². The summed E-state index contributed by atoms with van der Waals surface area (Å²) in [4.78, 5) is 0. The minimum absolute atomic E-state index is 0.504.